The van der Waals surface area contributed by atoms with Gasteiger partial charge in [-0.05, 0) is 30.3 Å². The van der Waals surface area contributed by atoms with Gasteiger partial charge in [0.2, 0.25) is 0 Å². The molecule has 0 aromatic heterocycles. The SMILES string of the molecule is CCCC1=C(C(=O)OC)C(c2ccccc2C(F)(F)F)NC(=S)N1. The first-order valence-corrected chi connectivity index (χ1v) is 7.75. The van der Waals surface area contributed by atoms with E-state index in [2.05, 4.69) is 10.6 Å². The van der Waals surface area contributed by atoms with Crippen LogP contribution in [-0.4, -0.2) is 18.2 Å². The molecular formula is C16H17F3N2O2S. The minimum atomic E-state index is -4.54. The lowest BCUT2D eigenvalue weighted by molar-refractivity contribution is -0.139. The lowest BCUT2D eigenvalue weighted by atomic mass is 9.90. The molecule has 2 N–H and O–H groups in total. The fourth-order valence-electron chi connectivity index (χ4n) is 2.66. The van der Waals surface area contributed by atoms with Crippen molar-refractivity contribution in [3.05, 3.63) is 46.7 Å². The van der Waals surface area contributed by atoms with Gasteiger partial charge in [-0.25, -0.2) is 4.79 Å². The topological polar surface area (TPSA) is 50.4 Å². The normalized spacial score (nSPS) is 18.0. The summed E-state index contributed by atoms with van der Waals surface area (Å²) in [5, 5.41) is 5.79. The standard InChI is InChI=1S/C16H17F3N2O2S/c1-3-6-11-12(14(22)23-2)13(21-15(24)20-11)9-7-4-5-8-10(9)16(17,18)19/h4-5,7-8,13H,3,6H2,1-2H3,(H2,20,21,24). The van der Waals surface area contributed by atoms with Crippen molar-refractivity contribution in [3.63, 3.8) is 0 Å². The van der Waals surface area contributed by atoms with Crippen molar-refractivity contribution >= 4 is 23.3 Å². The Bertz CT molecular complexity index is 686. The lowest BCUT2D eigenvalue weighted by Gasteiger charge is -2.32. The summed E-state index contributed by atoms with van der Waals surface area (Å²) in [4.78, 5) is 12.2. The van der Waals surface area contributed by atoms with Crippen LogP contribution in [0.1, 0.15) is 36.9 Å². The summed E-state index contributed by atoms with van der Waals surface area (Å²) in [5.41, 5.74) is -0.285. The zero-order valence-electron chi connectivity index (χ0n) is 13.2. The minimum Gasteiger partial charge on any atom is -0.466 e. The first kappa shape index (κ1) is 18.3. The second-order valence-corrected chi connectivity index (χ2v) is 5.66. The summed E-state index contributed by atoms with van der Waals surface area (Å²) in [6.07, 6.45) is -3.38. The van der Waals surface area contributed by atoms with Crippen LogP contribution in [-0.2, 0) is 15.7 Å². The molecule has 1 aromatic rings. The Balaban J connectivity index is 2.64. The number of hydrogen-bond acceptors (Lipinski definition) is 3. The minimum absolute atomic E-state index is 0.0668. The highest BCUT2D eigenvalue weighted by molar-refractivity contribution is 7.80. The van der Waals surface area contributed by atoms with Crippen molar-refractivity contribution in [3.8, 4) is 0 Å². The van der Waals surface area contributed by atoms with Crippen molar-refractivity contribution in [2.24, 2.45) is 0 Å². The summed E-state index contributed by atoms with van der Waals surface area (Å²) >= 11 is 5.10. The monoisotopic (exact) mass is 358 g/mol. The number of rotatable bonds is 4. The molecule has 1 unspecified atom stereocenters. The molecule has 8 heteroatoms. The van der Waals surface area contributed by atoms with Crippen LogP contribution in [0, 0.1) is 0 Å². The van der Waals surface area contributed by atoms with Gasteiger partial charge in [0.05, 0.1) is 24.3 Å². The Morgan fingerprint density at radius 2 is 2.00 bits per heavy atom. The number of methoxy groups -OCH3 is 1. The van der Waals surface area contributed by atoms with Crippen molar-refractivity contribution in [2.45, 2.75) is 32.0 Å². The molecule has 0 aliphatic carbocycles. The van der Waals surface area contributed by atoms with Gasteiger partial charge in [-0.2, -0.15) is 13.2 Å². The second-order valence-electron chi connectivity index (χ2n) is 5.25. The number of halogens is 3. The van der Waals surface area contributed by atoms with E-state index in [0.29, 0.717) is 18.5 Å². The maximum Gasteiger partial charge on any atom is 0.416 e. The summed E-state index contributed by atoms with van der Waals surface area (Å²) in [6, 6.07) is 4.09. The predicted octanol–water partition coefficient (Wildman–Crippen LogP) is 3.45. The largest absolute Gasteiger partial charge is 0.466 e. The molecule has 0 saturated heterocycles. The van der Waals surface area contributed by atoms with Crippen molar-refractivity contribution in [1.29, 1.82) is 0 Å². The molecule has 24 heavy (non-hydrogen) atoms. The van der Waals surface area contributed by atoms with Gasteiger partial charge in [-0.3, -0.25) is 0 Å². The number of hydrogen-bond donors (Lipinski definition) is 2. The summed E-state index contributed by atoms with van der Waals surface area (Å²) < 4.78 is 44.8. The Morgan fingerprint density at radius 3 is 2.58 bits per heavy atom. The van der Waals surface area contributed by atoms with Crippen LogP contribution >= 0.6 is 12.2 Å². The third-order valence-electron chi connectivity index (χ3n) is 3.64. The molecule has 0 saturated carbocycles. The molecule has 1 heterocycles. The Kier molecular flexibility index (Phi) is 5.48. The average molecular weight is 358 g/mol. The third kappa shape index (κ3) is 3.69. The number of ether oxygens (including phenoxy) is 1. The van der Waals surface area contributed by atoms with Crippen LogP contribution in [0.4, 0.5) is 13.2 Å². The number of alkyl halides is 3. The fourth-order valence-corrected chi connectivity index (χ4v) is 2.90. The lowest BCUT2D eigenvalue weighted by Crippen LogP contribution is -2.46. The van der Waals surface area contributed by atoms with Gasteiger partial charge in [0.25, 0.3) is 0 Å². The molecule has 0 bridgehead atoms. The van der Waals surface area contributed by atoms with Crippen LogP contribution in [0.25, 0.3) is 0 Å². The molecule has 0 spiro atoms. The van der Waals surface area contributed by atoms with E-state index in [1.807, 2.05) is 6.92 Å². The zero-order chi connectivity index (χ0) is 17.9. The van der Waals surface area contributed by atoms with Crippen LogP contribution in [0.3, 0.4) is 0 Å². The van der Waals surface area contributed by atoms with E-state index in [1.165, 1.54) is 25.3 Å². The molecule has 1 aliphatic rings. The fraction of sp³-hybridized carbons (Fsp3) is 0.375. The van der Waals surface area contributed by atoms with Crippen molar-refractivity contribution in [2.75, 3.05) is 7.11 Å². The molecule has 0 radical (unpaired) electrons. The van der Waals surface area contributed by atoms with Gasteiger partial charge in [-0.15, -0.1) is 0 Å². The first-order valence-electron chi connectivity index (χ1n) is 7.34. The molecule has 1 atom stereocenters. The van der Waals surface area contributed by atoms with E-state index in [1.54, 1.807) is 0 Å². The number of benzene rings is 1. The van der Waals surface area contributed by atoms with E-state index in [9.17, 15) is 18.0 Å². The Hall–Kier alpha value is -2.09. The van der Waals surface area contributed by atoms with Crippen LogP contribution < -0.4 is 10.6 Å². The molecule has 4 nitrogen and oxygen atoms in total. The Morgan fingerprint density at radius 1 is 1.33 bits per heavy atom. The molecule has 1 aliphatic heterocycles. The number of esters is 1. The molecule has 0 fully saturated rings. The molecule has 130 valence electrons. The van der Waals surface area contributed by atoms with E-state index < -0.39 is 23.8 Å². The van der Waals surface area contributed by atoms with Gasteiger partial charge >= 0.3 is 12.1 Å². The molecule has 0 amide bonds. The highest BCUT2D eigenvalue weighted by Gasteiger charge is 2.39. The maximum absolute atomic E-state index is 13.3. The molecular weight excluding hydrogens is 341 g/mol. The van der Waals surface area contributed by atoms with E-state index in [4.69, 9.17) is 17.0 Å². The maximum atomic E-state index is 13.3. The Labute approximate surface area is 143 Å². The summed E-state index contributed by atoms with van der Waals surface area (Å²) in [6.45, 7) is 1.90. The van der Waals surface area contributed by atoms with E-state index in [0.717, 1.165) is 6.07 Å². The van der Waals surface area contributed by atoms with Crippen LogP contribution in [0.2, 0.25) is 0 Å². The second kappa shape index (κ2) is 7.21. The van der Waals surface area contributed by atoms with Crippen molar-refractivity contribution in [1.82, 2.24) is 10.6 Å². The van der Waals surface area contributed by atoms with Crippen LogP contribution in [0.15, 0.2) is 35.5 Å². The van der Waals surface area contributed by atoms with E-state index in [-0.39, 0.29) is 16.2 Å². The van der Waals surface area contributed by atoms with Gasteiger partial charge in [0.1, 0.15) is 0 Å². The smallest absolute Gasteiger partial charge is 0.416 e. The van der Waals surface area contributed by atoms with Gasteiger partial charge < -0.3 is 15.4 Å². The molecule has 2 rings (SSSR count). The average Bonchev–Trinajstić information content (AvgIpc) is 2.53. The number of carbonyl (C=O) groups excluding carboxylic acids is 1. The van der Waals surface area contributed by atoms with Gasteiger partial charge in [-0.1, -0.05) is 31.5 Å². The van der Waals surface area contributed by atoms with Gasteiger partial charge in [0.15, 0.2) is 5.11 Å². The quantitative estimate of drug-likeness (QED) is 0.638. The summed E-state index contributed by atoms with van der Waals surface area (Å²) in [7, 11) is 1.19. The number of allylic oxidation sites excluding steroid dienone is 1. The van der Waals surface area contributed by atoms with Crippen molar-refractivity contribution < 1.29 is 22.7 Å². The first-order chi connectivity index (χ1) is 11.3. The third-order valence-corrected chi connectivity index (χ3v) is 3.86. The number of nitrogens with one attached hydrogen (secondary N) is 2. The number of carbonyl (C=O) groups is 1. The van der Waals surface area contributed by atoms with Gasteiger partial charge in [0, 0.05) is 5.70 Å². The zero-order valence-corrected chi connectivity index (χ0v) is 14.0. The highest BCUT2D eigenvalue weighted by Crippen LogP contribution is 2.38. The molecule has 1 aromatic carbocycles. The number of thiocarbonyl (C=S) groups is 1. The predicted molar refractivity (Wildman–Crippen MR) is 87.0 cm³/mol. The van der Waals surface area contributed by atoms with E-state index >= 15 is 0 Å². The summed E-state index contributed by atoms with van der Waals surface area (Å²) in [5.74, 6) is -0.692. The highest BCUT2D eigenvalue weighted by atomic mass is 32.1. The van der Waals surface area contributed by atoms with Crippen LogP contribution in [0.5, 0.6) is 0 Å².